The predicted molar refractivity (Wildman–Crippen MR) is 118 cm³/mol. The summed E-state index contributed by atoms with van der Waals surface area (Å²) in [5, 5.41) is 11.4. The number of likely N-dealkylation sites (tertiary alicyclic amines) is 1. The Bertz CT molecular complexity index is 999. The molecule has 1 aliphatic heterocycles. The van der Waals surface area contributed by atoms with Gasteiger partial charge in [0.1, 0.15) is 11.5 Å². The number of ether oxygens (including phenoxy) is 1. The Labute approximate surface area is 181 Å². The van der Waals surface area contributed by atoms with E-state index in [1.807, 2.05) is 50.2 Å². The quantitative estimate of drug-likeness (QED) is 0.423. The fourth-order valence-electron chi connectivity index (χ4n) is 3.61. The summed E-state index contributed by atoms with van der Waals surface area (Å²) in [5.74, 6) is -1.17. The molecule has 0 aliphatic carbocycles. The van der Waals surface area contributed by atoms with Crippen molar-refractivity contribution in [1.82, 2.24) is 4.90 Å². The van der Waals surface area contributed by atoms with Gasteiger partial charge in [0.15, 0.2) is 0 Å². The number of carbonyl (C=O) groups is 2. The molecule has 1 fully saturated rings. The van der Waals surface area contributed by atoms with Crippen molar-refractivity contribution in [2.24, 2.45) is 0 Å². The molecule has 3 rings (SSSR count). The van der Waals surface area contributed by atoms with E-state index in [0.29, 0.717) is 18.7 Å². The van der Waals surface area contributed by atoms with Gasteiger partial charge in [0.05, 0.1) is 23.7 Å². The highest BCUT2D eigenvalue weighted by Crippen LogP contribution is 2.41. The van der Waals surface area contributed by atoms with Gasteiger partial charge in [0.2, 0.25) is 0 Å². The summed E-state index contributed by atoms with van der Waals surface area (Å²) in [5.41, 5.74) is 2.01. The number of hydrogen-bond donors (Lipinski definition) is 1. The van der Waals surface area contributed by atoms with Crippen molar-refractivity contribution in [3.63, 3.8) is 0 Å². The van der Waals surface area contributed by atoms with Crippen molar-refractivity contribution in [1.29, 1.82) is 0 Å². The molecule has 30 heavy (non-hydrogen) atoms. The molecule has 0 aromatic heterocycles. The largest absolute Gasteiger partial charge is 0.507 e. The lowest BCUT2D eigenvalue weighted by molar-refractivity contribution is -0.139. The summed E-state index contributed by atoms with van der Waals surface area (Å²) >= 11 is 6.29. The topological polar surface area (TPSA) is 70.1 Å². The van der Waals surface area contributed by atoms with Crippen LogP contribution in [0.25, 0.3) is 5.76 Å². The molecule has 0 bridgehead atoms. The van der Waals surface area contributed by atoms with Crippen molar-refractivity contribution >= 4 is 34.7 Å². The van der Waals surface area contributed by atoms with Gasteiger partial charge < -0.3 is 19.6 Å². The molecule has 7 heteroatoms. The van der Waals surface area contributed by atoms with Gasteiger partial charge in [-0.1, -0.05) is 30.7 Å². The molecule has 0 radical (unpaired) electrons. The minimum absolute atomic E-state index is 0.0289. The molecule has 0 saturated carbocycles. The molecule has 1 saturated heterocycles. The number of halogens is 1. The van der Waals surface area contributed by atoms with E-state index < -0.39 is 17.7 Å². The number of ketones is 1. The second-order valence-electron chi connectivity index (χ2n) is 7.32. The van der Waals surface area contributed by atoms with Crippen molar-refractivity contribution < 1.29 is 19.4 Å². The van der Waals surface area contributed by atoms with E-state index in [2.05, 4.69) is 0 Å². The van der Waals surface area contributed by atoms with Gasteiger partial charge in [-0.25, -0.2) is 0 Å². The van der Waals surface area contributed by atoms with E-state index in [1.165, 1.54) is 12.0 Å². The average molecular weight is 429 g/mol. The van der Waals surface area contributed by atoms with E-state index in [1.54, 1.807) is 18.2 Å². The Morgan fingerprint density at radius 1 is 1.17 bits per heavy atom. The minimum Gasteiger partial charge on any atom is -0.507 e. The van der Waals surface area contributed by atoms with Crippen LogP contribution in [0.4, 0.5) is 5.69 Å². The zero-order valence-corrected chi connectivity index (χ0v) is 18.2. The molecule has 0 spiro atoms. The molecule has 6 nitrogen and oxygen atoms in total. The number of methoxy groups -OCH3 is 1. The van der Waals surface area contributed by atoms with E-state index in [-0.39, 0.29) is 21.9 Å². The first-order valence-corrected chi connectivity index (χ1v) is 10.1. The molecule has 158 valence electrons. The molecule has 1 N–H and O–H groups in total. The minimum atomic E-state index is -0.721. The first-order chi connectivity index (χ1) is 14.3. The van der Waals surface area contributed by atoms with Crippen LogP contribution in [-0.2, 0) is 9.59 Å². The highest BCUT2D eigenvalue weighted by molar-refractivity contribution is 6.47. The molecular weight excluding hydrogens is 404 g/mol. The molecular formula is C23H25ClN2O4. The number of amides is 1. The van der Waals surface area contributed by atoms with E-state index in [0.717, 1.165) is 11.3 Å². The summed E-state index contributed by atoms with van der Waals surface area (Å²) in [4.78, 5) is 29.2. The van der Waals surface area contributed by atoms with Gasteiger partial charge in [0.25, 0.3) is 11.7 Å². The Balaban J connectivity index is 2.20. The third-order valence-electron chi connectivity index (χ3n) is 5.16. The average Bonchev–Trinajstić information content (AvgIpc) is 2.99. The summed E-state index contributed by atoms with van der Waals surface area (Å²) in [7, 11) is 5.37. The molecule has 2 aromatic carbocycles. The van der Waals surface area contributed by atoms with Crippen LogP contribution in [0.3, 0.4) is 0 Å². The van der Waals surface area contributed by atoms with Gasteiger partial charge in [-0.3, -0.25) is 9.59 Å². The third-order valence-corrected chi connectivity index (χ3v) is 5.49. The molecule has 2 aromatic rings. The molecule has 1 atom stereocenters. The second kappa shape index (κ2) is 8.79. The highest BCUT2D eigenvalue weighted by Gasteiger charge is 2.45. The van der Waals surface area contributed by atoms with E-state index in [9.17, 15) is 14.7 Å². The van der Waals surface area contributed by atoms with Crippen LogP contribution in [0.15, 0.2) is 48.0 Å². The van der Waals surface area contributed by atoms with Gasteiger partial charge in [-0.05, 0) is 42.3 Å². The SMILES string of the molecule is CCCN1C(=O)C(=O)/C(=C(/O)c2cc(OC)ccc2Cl)C1c1ccc(N(C)C)cc1. The lowest BCUT2D eigenvalue weighted by atomic mass is 9.95. The number of benzene rings is 2. The summed E-state index contributed by atoms with van der Waals surface area (Å²) in [6, 6.07) is 11.7. The summed E-state index contributed by atoms with van der Waals surface area (Å²) in [6.45, 7) is 2.33. The standard InChI is InChI=1S/C23H25ClN2O4/c1-5-12-26-20(14-6-8-15(9-7-14)25(2)3)19(22(28)23(26)29)21(27)17-13-16(30-4)10-11-18(17)24/h6-11,13,20,27H,5,12H2,1-4H3/b21-19+. The van der Waals surface area contributed by atoms with Gasteiger partial charge in [-0.2, -0.15) is 0 Å². The number of Topliss-reactive ketones (excluding diaryl/α,β-unsaturated/α-hetero) is 1. The van der Waals surface area contributed by atoms with Crippen LogP contribution in [-0.4, -0.2) is 49.4 Å². The van der Waals surface area contributed by atoms with Gasteiger partial charge >= 0.3 is 0 Å². The zero-order valence-electron chi connectivity index (χ0n) is 17.5. The van der Waals surface area contributed by atoms with Crippen molar-refractivity contribution in [2.75, 3.05) is 32.6 Å². The van der Waals surface area contributed by atoms with Crippen LogP contribution in [0.1, 0.15) is 30.5 Å². The highest BCUT2D eigenvalue weighted by atomic mass is 35.5. The van der Waals surface area contributed by atoms with Crippen molar-refractivity contribution in [2.45, 2.75) is 19.4 Å². The Morgan fingerprint density at radius 2 is 1.83 bits per heavy atom. The number of carbonyl (C=O) groups excluding carboxylic acids is 2. The molecule has 1 unspecified atom stereocenters. The summed E-state index contributed by atoms with van der Waals surface area (Å²) in [6.07, 6.45) is 0.680. The van der Waals surface area contributed by atoms with Gasteiger partial charge in [-0.15, -0.1) is 0 Å². The fraction of sp³-hybridized carbons (Fsp3) is 0.304. The number of anilines is 1. The van der Waals surface area contributed by atoms with Crippen LogP contribution in [0, 0.1) is 0 Å². The number of aliphatic hydroxyl groups is 1. The number of hydrogen-bond acceptors (Lipinski definition) is 5. The van der Waals surface area contributed by atoms with Crippen molar-refractivity contribution in [3.05, 3.63) is 64.2 Å². The maximum absolute atomic E-state index is 12.9. The van der Waals surface area contributed by atoms with Crippen LogP contribution in [0.5, 0.6) is 5.75 Å². The van der Waals surface area contributed by atoms with E-state index in [4.69, 9.17) is 16.3 Å². The number of rotatable bonds is 6. The number of nitrogens with zero attached hydrogens (tertiary/aromatic N) is 2. The second-order valence-corrected chi connectivity index (χ2v) is 7.73. The van der Waals surface area contributed by atoms with E-state index >= 15 is 0 Å². The van der Waals surface area contributed by atoms with Crippen LogP contribution < -0.4 is 9.64 Å². The van der Waals surface area contributed by atoms with Crippen LogP contribution >= 0.6 is 11.6 Å². The Kier molecular flexibility index (Phi) is 6.37. The lowest BCUT2D eigenvalue weighted by Crippen LogP contribution is -2.30. The lowest BCUT2D eigenvalue weighted by Gasteiger charge is -2.25. The predicted octanol–water partition coefficient (Wildman–Crippen LogP) is 4.25. The maximum atomic E-state index is 12.9. The normalized spacial score (nSPS) is 18.0. The Hall–Kier alpha value is -2.99. The van der Waals surface area contributed by atoms with Crippen molar-refractivity contribution in [3.8, 4) is 5.75 Å². The Morgan fingerprint density at radius 3 is 2.40 bits per heavy atom. The monoisotopic (exact) mass is 428 g/mol. The maximum Gasteiger partial charge on any atom is 0.295 e. The fourth-order valence-corrected chi connectivity index (χ4v) is 3.82. The third kappa shape index (κ3) is 3.87. The molecule has 1 heterocycles. The first-order valence-electron chi connectivity index (χ1n) is 9.69. The van der Waals surface area contributed by atoms with Gasteiger partial charge in [0, 0.05) is 31.9 Å². The first kappa shape index (κ1) is 21.7. The van der Waals surface area contributed by atoms with Crippen LogP contribution in [0.2, 0.25) is 5.02 Å². The summed E-state index contributed by atoms with van der Waals surface area (Å²) < 4.78 is 5.22. The molecule has 1 aliphatic rings. The number of aliphatic hydroxyl groups excluding tert-OH is 1. The smallest absolute Gasteiger partial charge is 0.295 e. The zero-order chi connectivity index (χ0) is 22.0. The molecule has 1 amide bonds.